The van der Waals surface area contributed by atoms with Gasteiger partial charge in [-0.05, 0) is 67.9 Å². The van der Waals surface area contributed by atoms with Gasteiger partial charge in [0.2, 0.25) is 0 Å². The van der Waals surface area contributed by atoms with Crippen LogP contribution in [0.25, 0.3) is 10.9 Å². The monoisotopic (exact) mass is 611 g/mol. The minimum absolute atomic E-state index is 0.0638. The van der Waals surface area contributed by atoms with Crippen LogP contribution in [0.1, 0.15) is 40.9 Å². The van der Waals surface area contributed by atoms with Crippen molar-refractivity contribution >= 4 is 40.2 Å². The Kier molecular flexibility index (Phi) is 8.76. The highest BCUT2D eigenvalue weighted by Gasteiger charge is 2.37. The van der Waals surface area contributed by atoms with Crippen molar-refractivity contribution < 1.29 is 40.7 Å². The predicted molar refractivity (Wildman–Crippen MR) is 146 cm³/mol. The van der Waals surface area contributed by atoms with Crippen molar-refractivity contribution in [3.8, 4) is 5.75 Å². The number of aromatic nitrogens is 1. The molecule has 0 spiro atoms. The zero-order chi connectivity index (χ0) is 30.8. The Bertz CT molecular complexity index is 1580. The number of nitrogens with one attached hydrogen (secondary N) is 1. The number of benzene rings is 3. The van der Waals surface area contributed by atoms with E-state index < -0.39 is 41.0 Å². The molecule has 1 heterocycles. The van der Waals surface area contributed by atoms with E-state index in [0.717, 1.165) is 5.56 Å². The zero-order valence-corrected chi connectivity index (χ0v) is 23.0. The van der Waals surface area contributed by atoms with Crippen LogP contribution < -0.4 is 10.1 Å². The lowest BCUT2D eigenvalue weighted by molar-refractivity contribution is -0.143. The van der Waals surface area contributed by atoms with Gasteiger partial charge in [0.25, 0.3) is 5.91 Å². The van der Waals surface area contributed by atoms with E-state index in [1.165, 1.54) is 11.0 Å². The van der Waals surface area contributed by atoms with E-state index in [1.807, 2.05) is 12.1 Å². The van der Waals surface area contributed by atoms with Crippen LogP contribution in [0, 0.1) is 0 Å². The molecule has 0 unspecified atom stereocenters. The molecule has 0 radical (unpaired) electrons. The first kappa shape index (κ1) is 30.8. The first-order valence-electron chi connectivity index (χ1n) is 12.6. The maximum Gasteiger partial charge on any atom is 0.416 e. The normalized spacial score (nSPS) is 11.9. The second-order valence-corrected chi connectivity index (χ2v) is 9.67. The molecule has 1 aromatic heterocycles. The first-order valence-corrected chi connectivity index (χ1v) is 13.0. The number of halogens is 7. The molecule has 6 nitrogen and oxygen atoms in total. The summed E-state index contributed by atoms with van der Waals surface area (Å²) in [6.45, 7) is 4.43. The molecule has 0 saturated carbocycles. The second-order valence-electron chi connectivity index (χ2n) is 9.23. The lowest BCUT2D eigenvalue weighted by atomic mass is 10.0. The van der Waals surface area contributed by atoms with Gasteiger partial charge in [-0.15, -0.1) is 0 Å². The Morgan fingerprint density at radius 1 is 0.881 bits per heavy atom. The molecular formula is C29H24ClF6N3O3. The van der Waals surface area contributed by atoms with Gasteiger partial charge in [-0.25, -0.2) is 4.79 Å². The van der Waals surface area contributed by atoms with Crippen LogP contribution >= 0.6 is 11.6 Å². The molecule has 222 valence electrons. The summed E-state index contributed by atoms with van der Waals surface area (Å²) in [6.07, 6.45) is -9.36. The molecule has 0 aliphatic rings. The molecular weight excluding hydrogens is 588 g/mol. The van der Waals surface area contributed by atoms with Crippen LogP contribution in [-0.2, 0) is 18.9 Å². The van der Waals surface area contributed by atoms with Crippen LogP contribution in [-0.4, -0.2) is 34.6 Å². The van der Waals surface area contributed by atoms with Crippen LogP contribution in [0.15, 0.2) is 66.9 Å². The van der Waals surface area contributed by atoms with Crippen molar-refractivity contribution in [3.05, 3.63) is 94.1 Å². The summed E-state index contributed by atoms with van der Waals surface area (Å²) < 4.78 is 87.8. The molecule has 4 rings (SSSR count). The van der Waals surface area contributed by atoms with Gasteiger partial charge in [-0.1, -0.05) is 23.7 Å². The lowest BCUT2D eigenvalue weighted by Gasteiger charge is -2.20. The van der Waals surface area contributed by atoms with E-state index in [9.17, 15) is 35.9 Å². The Morgan fingerprint density at radius 2 is 1.48 bits per heavy atom. The zero-order valence-electron chi connectivity index (χ0n) is 22.2. The van der Waals surface area contributed by atoms with Crippen LogP contribution in [0.2, 0.25) is 5.02 Å². The van der Waals surface area contributed by atoms with Gasteiger partial charge in [-0.3, -0.25) is 4.79 Å². The van der Waals surface area contributed by atoms with Crippen LogP contribution in [0.4, 0.5) is 36.8 Å². The topological polar surface area (TPSA) is 63.6 Å². The van der Waals surface area contributed by atoms with Crippen molar-refractivity contribution in [1.29, 1.82) is 0 Å². The number of ether oxygens (including phenoxy) is 1. The van der Waals surface area contributed by atoms with Gasteiger partial charge in [0.05, 0.1) is 22.3 Å². The van der Waals surface area contributed by atoms with Gasteiger partial charge < -0.3 is 19.5 Å². The summed E-state index contributed by atoms with van der Waals surface area (Å²) in [4.78, 5) is 27.3. The molecule has 13 heteroatoms. The molecule has 1 N–H and O–H groups in total. The Labute approximate surface area is 241 Å². The molecule has 0 aliphatic carbocycles. The first-order chi connectivity index (χ1) is 19.7. The van der Waals surface area contributed by atoms with E-state index in [4.69, 9.17) is 16.3 Å². The molecule has 4 aromatic rings. The van der Waals surface area contributed by atoms with E-state index in [-0.39, 0.29) is 17.5 Å². The summed E-state index contributed by atoms with van der Waals surface area (Å²) in [7, 11) is 0. The standard InChI is InChI=1S/C29H24ClF6N3O3/c1-3-38(4-2)27(41)42-24-10-9-23-22(11-12-39(23)16-17-5-7-21(30)8-6-17)25(24)37-26(40)18-13-19(28(31,32)33)15-20(14-18)29(34,35)36/h5-15H,3-4,16H2,1-2H3,(H,37,40). The average Bonchev–Trinajstić information content (AvgIpc) is 3.33. The number of anilines is 1. The third kappa shape index (κ3) is 6.81. The van der Waals surface area contributed by atoms with Crippen molar-refractivity contribution in [1.82, 2.24) is 9.47 Å². The lowest BCUT2D eigenvalue weighted by Crippen LogP contribution is -2.33. The smallest absolute Gasteiger partial charge is 0.408 e. The number of hydrogen-bond donors (Lipinski definition) is 1. The summed E-state index contributed by atoms with van der Waals surface area (Å²) in [5.41, 5.74) is -2.83. The number of rotatable bonds is 7. The van der Waals surface area contributed by atoms with Gasteiger partial charge in [-0.2, -0.15) is 26.3 Å². The minimum atomic E-state index is -5.14. The maximum absolute atomic E-state index is 13.4. The number of amides is 2. The van der Waals surface area contributed by atoms with Crippen molar-refractivity contribution in [3.63, 3.8) is 0 Å². The van der Waals surface area contributed by atoms with E-state index in [1.54, 1.807) is 48.9 Å². The van der Waals surface area contributed by atoms with E-state index >= 15 is 0 Å². The highest BCUT2D eigenvalue weighted by Crippen LogP contribution is 2.38. The van der Waals surface area contributed by atoms with Crippen LogP contribution in [0.3, 0.4) is 0 Å². The molecule has 0 atom stereocenters. The van der Waals surface area contributed by atoms with E-state index in [2.05, 4.69) is 5.32 Å². The SMILES string of the molecule is CCN(CC)C(=O)Oc1ccc2c(ccn2Cc2ccc(Cl)cc2)c1NC(=O)c1cc(C(F)(F)F)cc(C(F)(F)F)c1. The number of carbonyl (C=O) groups excluding carboxylic acids is 2. The number of nitrogens with zero attached hydrogens (tertiary/aromatic N) is 2. The molecule has 3 aromatic carbocycles. The minimum Gasteiger partial charge on any atom is -0.408 e. The Balaban J connectivity index is 1.80. The number of fused-ring (bicyclic) bond motifs is 1. The molecule has 2 amide bonds. The van der Waals surface area contributed by atoms with Crippen LogP contribution in [0.5, 0.6) is 5.75 Å². The Hall–Kier alpha value is -4.19. The van der Waals surface area contributed by atoms with Gasteiger partial charge in [0.15, 0.2) is 5.75 Å². The van der Waals surface area contributed by atoms with E-state index in [0.29, 0.717) is 47.7 Å². The fourth-order valence-electron chi connectivity index (χ4n) is 4.30. The number of carbonyl (C=O) groups is 2. The fourth-order valence-corrected chi connectivity index (χ4v) is 4.43. The molecule has 42 heavy (non-hydrogen) atoms. The molecule has 0 saturated heterocycles. The summed E-state index contributed by atoms with van der Waals surface area (Å²) in [5, 5.41) is 3.28. The highest BCUT2D eigenvalue weighted by atomic mass is 35.5. The average molecular weight is 612 g/mol. The van der Waals surface area contributed by atoms with Gasteiger partial charge >= 0.3 is 18.4 Å². The predicted octanol–water partition coefficient (Wildman–Crippen LogP) is 8.47. The quantitative estimate of drug-likeness (QED) is 0.213. The summed E-state index contributed by atoms with van der Waals surface area (Å²) in [5.74, 6) is -1.40. The summed E-state index contributed by atoms with van der Waals surface area (Å²) in [6, 6.07) is 12.2. The van der Waals surface area contributed by atoms with Crippen molar-refractivity contribution in [2.75, 3.05) is 18.4 Å². The fraction of sp³-hybridized carbons (Fsp3) is 0.241. The molecule has 0 fully saturated rings. The number of hydrogen-bond acceptors (Lipinski definition) is 3. The number of alkyl halides is 6. The maximum atomic E-state index is 13.4. The molecule has 0 aliphatic heterocycles. The largest absolute Gasteiger partial charge is 0.416 e. The van der Waals surface area contributed by atoms with Crippen molar-refractivity contribution in [2.24, 2.45) is 0 Å². The Morgan fingerprint density at radius 3 is 2.02 bits per heavy atom. The van der Waals surface area contributed by atoms with Gasteiger partial charge in [0.1, 0.15) is 0 Å². The molecule has 0 bridgehead atoms. The van der Waals surface area contributed by atoms with Gasteiger partial charge in [0, 0.05) is 41.8 Å². The second kappa shape index (κ2) is 12.0. The summed E-state index contributed by atoms with van der Waals surface area (Å²) >= 11 is 5.96. The third-order valence-electron chi connectivity index (χ3n) is 6.49. The van der Waals surface area contributed by atoms with Crippen molar-refractivity contribution in [2.45, 2.75) is 32.7 Å². The third-order valence-corrected chi connectivity index (χ3v) is 6.74. The highest BCUT2D eigenvalue weighted by molar-refractivity contribution is 6.30.